The van der Waals surface area contributed by atoms with Crippen molar-refractivity contribution in [1.82, 2.24) is 20.9 Å². The molecule has 0 aliphatic carbocycles. The van der Waals surface area contributed by atoms with Crippen LogP contribution in [0.5, 0.6) is 0 Å². The molecule has 2 amide bonds. The van der Waals surface area contributed by atoms with Crippen molar-refractivity contribution >= 4 is 6.03 Å². The quantitative estimate of drug-likeness (QED) is 0.671. The van der Waals surface area contributed by atoms with Gasteiger partial charge in [-0.15, -0.1) is 0 Å². The largest absolute Gasteiger partial charge is 0.343 e. The second kappa shape index (κ2) is 4.61. The minimum absolute atomic E-state index is 0.0891. The summed E-state index contributed by atoms with van der Waals surface area (Å²) in [4.78, 5) is 11.4. The Morgan fingerprint density at radius 2 is 1.14 bits per heavy atom. The van der Waals surface area contributed by atoms with E-state index in [-0.39, 0.29) is 6.03 Å². The maximum atomic E-state index is 11.4. The maximum Gasteiger partial charge on any atom is 0.343 e. The van der Waals surface area contributed by atoms with Crippen LogP contribution in [0, 0.1) is 0 Å². The van der Waals surface area contributed by atoms with Gasteiger partial charge in [0, 0.05) is 26.2 Å². The van der Waals surface area contributed by atoms with E-state index >= 15 is 0 Å². The van der Waals surface area contributed by atoms with Gasteiger partial charge < -0.3 is 0 Å². The maximum absolute atomic E-state index is 11.4. The van der Waals surface area contributed by atoms with E-state index < -0.39 is 0 Å². The molecule has 2 rings (SSSR count). The van der Waals surface area contributed by atoms with Gasteiger partial charge in [-0.1, -0.05) is 0 Å². The van der Waals surface area contributed by atoms with Crippen molar-refractivity contribution in [2.24, 2.45) is 0 Å². The molecule has 14 heavy (non-hydrogen) atoms. The zero-order chi connectivity index (χ0) is 9.80. The van der Waals surface area contributed by atoms with Crippen LogP contribution in [0.15, 0.2) is 0 Å². The summed E-state index contributed by atoms with van der Waals surface area (Å²) in [5.41, 5.74) is 5.69. The number of nitrogens with zero attached hydrogens (tertiary/aromatic N) is 2. The van der Waals surface area contributed by atoms with Crippen LogP contribution in [0.25, 0.3) is 0 Å². The van der Waals surface area contributed by atoms with Crippen LogP contribution >= 0.6 is 0 Å². The number of carbonyl (C=O) groups is 1. The third-order valence-corrected chi connectivity index (χ3v) is 2.73. The number of carbonyl (C=O) groups excluding carboxylic acids is 1. The summed E-state index contributed by atoms with van der Waals surface area (Å²) < 4.78 is 0. The number of hydrogen-bond acceptors (Lipinski definition) is 3. The van der Waals surface area contributed by atoms with Gasteiger partial charge in [-0.3, -0.25) is 10.9 Å². The second-order valence-electron chi connectivity index (χ2n) is 3.94. The lowest BCUT2D eigenvalue weighted by molar-refractivity contribution is 0.165. The molecule has 0 radical (unpaired) electrons. The van der Waals surface area contributed by atoms with Gasteiger partial charge in [0.2, 0.25) is 0 Å². The number of nitrogens with one attached hydrogen (secondary N) is 2. The normalized spacial score (nSPS) is 24.0. The summed E-state index contributed by atoms with van der Waals surface area (Å²) in [7, 11) is 0. The Kier molecular flexibility index (Phi) is 3.21. The SMILES string of the molecule is O=C(NN1CCCC1)NN1CCCC1. The zero-order valence-corrected chi connectivity index (χ0v) is 8.46. The van der Waals surface area contributed by atoms with Gasteiger partial charge in [0.05, 0.1) is 0 Å². The highest BCUT2D eigenvalue weighted by molar-refractivity contribution is 5.72. The molecule has 0 aromatic rings. The van der Waals surface area contributed by atoms with Crippen LogP contribution in [-0.4, -0.2) is 42.2 Å². The fraction of sp³-hybridized carbons (Fsp3) is 0.889. The summed E-state index contributed by atoms with van der Waals surface area (Å²) in [6.07, 6.45) is 4.74. The summed E-state index contributed by atoms with van der Waals surface area (Å²) in [5.74, 6) is 0. The first kappa shape index (κ1) is 9.73. The molecule has 0 saturated carbocycles. The van der Waals surface area contributed by atoms with Crippen LogP contribution in [0.2, 0.25) is 0 Å². The average molecular weight is 198 g/mol. The average Bonchev–Trinajstić information content (AvgIpc) is 2.76. The predicted molar refractivity (Wildman–Crippen MR) is 53.3 cm³/mol. The first-order valence-corrected chi connectivity index (χ1v) is 5.42. The van der Waals surface area contributed by atoms with Crippen molar-refractivity contribution in [2.45, 2.75) is 25.7 Å². The highest BCUT2D eigenvalue weighted by Gasteiger charge is 2.17. The summed E-state index contributed by atoms with van der Waals surface area (Å²) in [6, 6.07) is -0.0891. The molecule has 0 aromatic heterocycles. The van der Waals surface area contributed by atoms with Gasteiger partial charge in [0.1, 0.15) is 0 Å². The Morgan fingerprint density at radius 1 is 0.786 bits per heavy atom. The lowest BCUT2D eigenvalue weighted by Crippen LogP contribution is -2.51. The number of hydrazine groups is 2. The molecule has 0 bridgehead atoms. The Labute approximate surface area is 84.4 Å². The third-order valence-electron chi connectivity index (χ3n) is 2.73. The molecule has 2 N–H and O–H groups in total. The van der Waals surface area contributed by atoms with Crippen molar-refractivity contribution in [2.75, 3.05) is 26.2 Å². The van der Waals surface area contributed by atoms with E-state index in [1.807, 2.05) is 10.0 Å². The Balaban J connectivity index is 1.66. The van der Waals surface area contributed by atoms with E-state index in [2.05, 4.69) is 10.9 Å². The zero-order valence-electron chi connectivity index (χ0n) is 8.46. The van der Waals surface area contributed by atoms with Crippen LogP contribution in [0.4, 0.5) is 4.79 Å². The number of rotatable bonds is 2. The van der Waals surface area contributed by atoms with Gasteiger partial charge in [-0.25, -0.2) is 14.8 Å². The molecule has 5 nitrogen and oxygen atoms in total. The van der Waals surface area contributed by atoms with Crippen LogP contribution in [0.3, 0.4) is 0 Å². The molecule has 0 unspecified atom stereocenters. The molecule has 0 spiro atoms. The fourth-order valence-corrected chi connectivity index (χ4v) is 1.97. The molecule has 2 fully saturated rings. The van der Waals surface area contributed by atoms with Crippen LogP contribution in [0.1, 0.15) is 25.7 Å². The lowest BCUT2D eigenvalue weighted by Gasteiger charge is -2.21. The van der Waals surface area contributed by atoms with Crippen molar-refractivity contribution < 1.29 is 4.79 Å². The number of hydrogen-bond donors (Lipinski definition) is 2. The van der Waals surface area contributed by atoms with E-state index in [1.54, 1.807) is 0 Å². The van der Waals surface area contributed by atoms with Gasteiger partial charge in [0.15, 0.2) is 0 Å². The van der Waals surface area contributed by atoms with Crippen molar-refractivity contribution in [1.29, 1.82) is 0 Å². The summed E-state index contributed by atoms with van der Waals surface area (Å²) >= 11 is 0. The van der Waals surface area contributed by atoms with Gasteiger partial charge >= 0.3 is 6.03 Å². The first-order valence-electron chi connectivity index (χ1n) is 5.42. The molecule has 5 heteroatoms. The number of urea groups is 1. The minimum Gasteiger partial charge on any atom is -0.270 e. The second-order valence-corrected chi connectivity index (χ2v) is 3.94. The van der Waals surface area contributed by atoms with Crippen LogP contribution < -0.4 is 10.9 Å². The lowest BCUT2D eigenvalue weighted by atomic mass is 10.4. The first-order chi connectivity index (χ1) is 6.84. The van der Waals surface area contributed by atoms with Gasteiger partial charge in [-0.05, 0) is 25.7 Å². The Bertz CT molecular complexity index is 177. The minimum atomic E-state index is -0.0891. The molecule has 0 aromatic carbocycles. The molecule has 2 aliphatic rings. The molecule has 80 valence electrons. The van der Waals surface area contributed by atoms with E-state index in [1.165, 1.54) is 25.7 Å². The topological polar surface area (TPSA) is 47.6 Å². The standard InChI is InChI=1S/C9H18N4O/c14-9(10-12-5-1-2-6-12)11-13-7-3-4-8-13/h1-8H2,(H2,10,11,14). The van der Waals surface area contributed by atoms with Gasteiger partial charge in [0.25, 0.3) is 0 Å². The van der Waals surface area contributed by atoms with E-state index in [0.29, 0.717) is 0 Å². The van der Waals surface area contributed by atoms with Crippen molar-refractivity contribution in [3.63, 3.8) is 0 Å². The summed E-state index contributed by atoms with van der Waals surface area (Å²) in [6.45, 7) is 3.92. The van der Waals surface area contributed by atoms with Crippen LogP contribution in [-0.2, 0) is 0 Å². The molecule has 2 heterocycles. The monoisotopic (exact) mass is 198 g/mol. The Morgan fingerprint density at radius 3 is 1.50 bits per heavy atom. The molecular weight excluding hydrogens is 180 g/mol. The highest BCUT2D eigenvalue weighted by atomic mass is 16.2. The molecule has 0 atom stereocenters. The van der Waals surface area contributed by atoms with Gasteiger partial charge in [-0.2, -0.15) is 0 Å². The molecular formula is C9H18N4O. The van der Waals surface area contributed by atoms with E-state index in [9.17, 15) is 4.79 Å². The highest BCUT2D eigenvalue weighted by Crippen LogP contribution is 2.05. The summed E-state index contributed by atoms with van der Waals surface area (Å²) in [5, 5.41) is 3.96. The third kappa shape index (κ3) is 2.59. The molecule has 2 aliphatic heterocycles. The molecule has 2 saturated heterocycles. The fourth-order valence-electron chi connectivity index (χ4n) is 1.97. The predicted octanol–water partition coefficient (Wildman–Crippen LogP) is 0.307. The van der Waals surface area contributed by atoms with E-state index in [4.69, 9.17) is 0 Å². The van der Waals surface area contributed by atoms with E-state index in [0.717, 1.165) is 26.2 Å². The van der Waals surface area contributed by atoms with Crippen molar-refractivity contribution in [3.05, 3.63) is 0 Å². The number of amides is 2. The van der Waals surface area contributed by atoms with Crippen molar-refractivity contribution in [3.8, 4) is 0 Å². The Hall–Kier alpha value is -0.810. The smallest absolute Gasteiger partial charge is 0.270 e.